The Labute approximate surface area is 125 Å². The van der Waals surface area contributed by atoms with Gasteiger partial charge in [0.2, 0.25) is 0 Å². The van der Waals surface area contributed by atoms with E-state index in [9.17, 15) is 5.11 Å². The van der Waals surface area contributed by atoms with Gasteiger partial charge in [0.25, 0.3) is 0 Å². The molecule has 0 fully saturated rings. The van der Waals surface area contributed by atoms with E-state index in [1.54, 1.807) is 0 Å². The second kappa shape index (κ2) is 5.66. The molecule has 0 amide bonds. The first kappa shape index (κ1) is 13.8. The molecular weight excluding hydrogens is 258 g/mol. The lowest BCUT2D eigenvalue weighted by molar-refractivity contribution is 0.177. The molecule has 1 atom stereocenters. The Bertz CT molecular complexity index is 754. The zero-order valence-corrected chi connectivity index (χ0v) is 12.4. The molecule has 1 N–H and O–H groups in total. The van der Waals surface area contributed by atoms with E-state index in [1.165, 1.54) is 0 Å². The fraction of sp³-hybridized carbons (Fsp3) is 0.211. The summed E-state index contributed by atoms with van der Waals surface area (Å²) < 4.78 is 0. The van der Waals surface area contributed by atoms with Crippen molar-refractivity contribution in [3.63, 3.8) is 0 Å². The summed E-state index contributed by atoms with van der Waals surface area (Å²) in [4.78, 5) is 4.38. The Morgan fingerprint density at radius 1 is 0.952 bits per heavy atom. The molecule has 0 saturated heterocycles. The lowest BCUT2D eigenvalue weighted by Gasteiger charge is -2.17. The van der Waals surface area contributed by atoms with Gasteiger partial charge in [-0.15, -0.1) is 0 Å². The van der Waals surface area contributed by atoms with E-state index < -0.39 is 6.10 Å². The molecule has 1 aromatic heterocycles. The molecule has 0 bridgehead atoms. The SMILES string of the molecule is Cc1cccc(C)c1C(O)Cc1ccnc2ccccc12. The van der Waals surface area contributed by atoms with E-state index in [1.807, 2.05) is 36.5 Å². The van der Waals surface area contributed by atoms with Gasteiger partial charge in [0, 0.05) is 18.0 Å². The summed E-state index contributed by atoms with van der Waals surface area (Å²) in [5, 5.41) is 11.8. The molecule has 3 rings (SSSR count). The number of aliphatic hydroxyl groups excluding tert-OH is 1. The van der Waals surface area contributed by atoms with Gasteiger partial charge in [0.15, 0.2) is 0 Å². The molecule has 0 aliphatic carbocycles. The minimum absolute atomic E-state index is 0.489. The fourth-order valence-electron chi connectivity index (χ4n) is 3.00. The molecule has 1 unspecified atom stereocenters. The molecule has 2 heteroatoms. The predicted octanol–water partition coefficient (Wildman–Crippen LogP) is 4.13. The Kier molecular flexibility index (Phi) is 3.72. The van der Waals surface area contributed by atoms with Crippen molar-refractivity contribution in [2.24, 2.45) is 0 Å². The number of pyridine rings is 1. The highest BCUT2D eigenvalue weighted by Crippen LogP contribution is 2.27. The number of benzene rings is 2. The van der Waals surface area contributed by atoms with Gasteiger partial charge in [-0.05, 0) is 48.2 Å². The fourth-order valence-corrected chi connectivity index (χ4v) is 3.00. The highest BCUT2D eigenvalue weighted by molar-refractivity contribution is 5.81. The largest absolute Gasteiger partial charge is 0.388 e. The smallest absolute Gasteiger partial charge is 0.0835 e. The van der Waals surface area contributed by atoms with Crippen molar-refractivity contribution in [2.75, 3.05) is 0 Å². The van der Waals surface area contributed by atoms with Crippen molar-refractivity contribution in [2.45, 2.75) is 26.4 Å². The lowest BCUT2D eigenvalue weighted by atomic mass is 9.93. The molecule has 21 heavy (non-hydrogen) atoms. The monoisotopic (exact) mass is 277 g/mol. The lowest BCUT2D eigenvalue weighted by Crippen LogP contribution is -2.06. The third-order valence-corrected chi connectivity index (χ3v) is 4.03. The summed E-state index contributed by atoms with van der Waals surface area (Å²) >= 11 is 0. The van der Waals surface area contributed by atoms with Gasteiger partial charge in [0.05, 0.1) is 11.6 Å². The zero-order valence-electron chi connectivity index (χ0n) is 12.4. The van der Waals surface area contributed by atoms with E-state index in [2.05, 4.69) is 37.0 Å². The summed E-state index contributed by atoms with van der Waals surface area (Å²) in [5.41, 5.74) is 5.43. The van der Waals surface area contributed by atoms with E-state index in [-0.39, 0.29) is 0 Å². The van der Waals surface area contributed by atoms with Crippen molar-refractivity contribution >= 4 is 10.9 Å². The van der Waals surface area contributed by atoms with Gasteiger partial charge >= 0.3 is 0 Å². The minimum Gasteiger partial charge on any atom is -0.388 e. The number of hydrogen-bond donors (Lipinski definition) is 1. The molecule has 2 nitrogen and oxygen atoms in total. The van der Waals surface area contributed by atoms with Crippen LogP contribution < -0.4 is 0 Å². The summed E-state index contributed by atoms with van der Waals surface area (Å²) in [6.45, 7) is 4.10. The van der Waals surface area contributed by atoms with Gasteiger partial charge in [-0.25, -0.2) is 0 Å². The van der Waals surface area contributed by atoms with Gasteiger partial charge in [-0.1, -0.05) is 36.4 Å². The number of aryl methyl sites for hydroxylation is 2. The zero-order chi connectivity index (χ0) is 14.8. The van der Waals surface area contributed by atoms with Crippen LogP contribution in [0.5, 0.6) is 0 Å². The van der Waals surface area contributed by atoms with Crippen LogP contribution in [-0.2, 0) is 6.42 Å². The highest BCUT2D eigenvalue weighted by atomic mass is 16.3. The minimum atomic E-state index is -0.489. The molecule has 1 heterocycles. The second-order valence-corrected chi connectivity index (χ2v) is 5.51. The molecule has 0 aliphatic rings. The summed E-state index contributed by atoms with van der Waals surface area (Å²) in [6.07, 6.45) is 1.93. The number of nitrogens with zero attached hydrogens (tertiary/aromatic N) is 1. The Hall–Kier alpha value is -2.19. The van der Waals surface area contributed by atoms with Crippen LogP contribution in [0.1, 0.15) is 28.4 Å². The van der Waals surface area contributed by atoms with Gasteiger partial charge < -0.3 is 5.11 Å². The van der Waals surface area contributed by atoms with E-state index in [4.69, 9.17) is 0 Å². The van der Waals surface area contributed by atoms with Crippen LogP contribution in [0.3, 0.4) is 0 Å². The maximum Gasteiger partial charge on any atom is 0.0835 e. The van der Waals surface area contributed by atoms with Gasteiger partial charge in [0.1, 0.15) is 0 Å². The Morgan fingerprint density at radius 2 is 1.67 bits per heavy atom. The normalized spacial score (nSPS) is 12.5. The van der Waals surface area contributed by atoms with Gasteiger partial charge in [-0.3, -0.25) is 4.98 Å². The van der Waals surface area contributed by atoms with Crippen molar-refractivity contribution in [3.8, 4) is 0 Å². The van der Waals surface area contributed by atoms with Crippen LogP contribution in [0.4, 0.5) is 0 Å². The Balaban J connectivity index is 1.99. The summed E-state index contributed by atoms with van der Waals surface area (Å²) in [7, 11) is 0. The summed E-state index contributed by atoms with van der Waals surface area (Å²) in [5.74, 6) is 0. The van der Waals surface area contributed by atoms with Crippen LogP contribution in [0.2, 0.25) is 0 Å². The van der Waals surface area contributed by atoms with E-state index >= 15 is 0 Å². The van der Waals surface area contributed by atoms with Crippen LogP contribution in [0.25, 0.3) is 10.9 Å². The average molecular weight is 277 g/mol. The average Bonchev–Trinajstić information content (AvgIpc) is 2.47. The third kappa shape index (κ3) is 2.67. The maximum absolute atomic E-state index is 10.7. The number of aliphatic hydroxyl groups is 1. The van der Waals surface area contributed by atoms with Crippen LogP contribution in [0, 0.1) is 13.8 Å². The molecule has 106 valence electrons. The first-order valence-corrected chi connectivity index (χ1v) is 7.23. The standard InChI is InChI=1S/C19H19NO/c1-13-6-5-7-14(2)19(13)18(21)12-15-10-11-20-17-9-4-3-8-16(15)17/h3-11,18,21H,12H2,1-2H3. The number of rotatable bonds is 3. The van der Waals surface area contributed by atoms with Crippen molar-refractivity contribution < 1.29 is 5.11 Å². The molecule has 3 aromatic rings. The van der Waals surface area contributed by atoms with Crippen molar-refractivity contribution in [1.82, 2.24) is 4.98 Å². The number of fused-ring (bicyclic) bond motifs is 1. The van der Waals surface area contributed by atoms with Crippen LogP contribution in [0.15, 0.2) is 54.7 Å². The predicted molar refractivity (Wildman–Crippen MR) is 86.3 cm³/mol. The van der Waals surface area contributed by atoms with E-state index in [0.29, 0.717) is 6.42 Å². The van der Waals surface area contributed by atoms with Crippen molar-refractivity contribution in [3.05, 3.63) is 77.0 Å². The third-order valence-electron chi connectivity index (χ3n) is 4.03. The molecular formula is C19H19NO. The van der Waals surface area contributed by atoms with Crippen molar-refractivity contribution in [1.29, 1.82) is 0 Å². The molecule has 0 spiro atoms. The first-order chi connectivity index (χ1) is 10.2. The van der Waals surface area contributed by atoms with Crippen LogP contribution in [-0.4, -0.2) is 10.1 Å². The number of para-hydroxylation sites is 1. The second-order valence-electron chi connectivity index (χ2n) is 5.51. The highest BCUT2D eigenvalue weighted by Gasteiger charge is 2.15. The topological polar surface area (TPSA) is 33.1 Å². The molecule has 0 saturated carbocycles. The first-order valence-electron chi connectivity index (χ1n) is 7.23. The molecule has 0 radical (unpaired) electrons. The number of hydrogen-bond acceptors (Lipinski definition) is 2. The quantitative estimate of drug-likeness (QED) is 0.781. The maximum atomic E-state index is 10.7. The van der Waals surface area contributed by atoms with E-state index in [0.717, 1.165) is 33.2 Å². The Morgan fingerprint density at radius 3 is 2.43 bits per heavy atom. The van der Waals surface area contributed by atoms with Crippen LogP contribution >= 0.6 is 0 Å². The molecule has 0 aliphatic heterocycles. The summed E-state index contributed by atoms with van der Waals surface area (Å²) in [6, 6.07) is 16.2. The molecule has 2 aromatic carbocycles. The number of aromatic nitrogens is 1. The van der Waals surface area contributed by atoms with Gasteiger partial charge in [-0.2, -0.15) is 0 Å².